The van der Waals surface area contributed by atoms with Crippen LogP contribution in [-0.2, 0) is 9.59 Å². The SMILES string of the molecule is COc1cc(NC(=O)C2CC2C(=O)O)c(OC)cc1Cl. The number of halogens is 1. The molecule has 1 amide bonds. The molecule has 0 spiro atoms. The molecule has 0 aliphatic heterocycles. The first-order chi connectivity index (χ1) is 9.47. The number of hydrogen-bond donors (Lipinski definition) is 2. The summed E-state index contributed by atoms with van der Waals surface area (Å²) >= 11 is 5.96. The summed E-state index contributed by atoms with van der Waals surface area (Å²) in [5, 5.41) is 11.8. The quantitative estimate of drug-likeness (QED) is 0.869. The van der Waals surface area contributed by atoms with E-state index in [0.717, 1.165) is 0 Å². The highest BCUT2D eigenvalue weighted by Gasteiger charge is 2.48. The zero-order chi connectivity index (χ0) is 14.9. The number of carbonyl (C=O) groups excluding carboxylic acids is 1. The zero-order valence-electron chi connectivity index (χ0n) is 11.0. The number of amides is 1. The number of rotatable bonds is 5. The molecule has 20 heavy (non-hydrogen) atoms. The fraction of sp³-hybridized carbons (Fsp3) is 0.385. The minimum Gasteiger partial charge on any atom is -0.495 e. The van der Waals surface area contributed by atoms with Crippen LogP contribution in [0.5, 0.6) is 11.5 Å². The van der Waals surface area contributed by atoms with Crippen LogP contribution < -0.4 is 14.8 Å². The van der Waals surface area contributed by atoms with Gasteiger partial charge in [0.2, 0.25) is 5.91 Å². The van der Waals surface area contributed by atoms with Crippen molar-refractivity contribution in [3.8, 4) is 11.5 Å². The van der Waals surface area contributed by atoms with Gasteiger partial charge in [-0.05, 0) is 6.42 Å². The topological polar surface area (TPSA) is 84.9 Å². The van der Waals surface area contributed by atoms with Gasteiger partial charge in [0.1, 0.15) is 11.5 Å². The van der Waals surface area contributed by atoms with Gasteiger partial charge in [0.15, 0.2) is 0 Å². The standard InChI is InChI=1S/C13H14ClNO5/c1-19-10-5-9(11(20-2)4-8(10)14)15-12(16)6-3-7(6)13(17)18/h4-7H,3H2,1-2H3,(H,15,16)(H,17,18). The highest BCUT2D eigenvalue weighted by molar-refractivity contribution is 6.32. The summed E-state index contributed by atoms with van der Waals surface area (Å²) in [6, 6.07) is 3.06. The Morgan fingerprint density at radius 2 is 1.90 bits per heavy atom. The first-order valence-corrected chi connectivity index (χ1v) is 6.31. The average Bonchev–Trinajstić information content (AvgIpc) is 3.20. The molecular weight excluding hydrogens is 286 g/mol. The maximum atomic E-state index is 11.9. The number of ether oxygens (including phenoxy) is 2. The van der Waals surface area contributed by atoms with Crippen molar-refractivity contribution in [1.29, 1.82) is 0 Å². The number of aliphatic carboxylic acids is 1. The van der Waals surface area contributed by atoms with E-state index in [1.54, 1.807) is 0 Å². The molecule has 1 aliphatic rings. The Bertz CT molecular complexity index is 560. The number of carboxylic acid groups (broad SMARTS) is 1. The number of nitrogens with one attached hydrogen (secondary N) is 1. The van der Waals surface area contributed by atoms with Gasteiger partial charge >= 0.3 is 5.97 Å². The lowest BCUT2D eigenvalue weighted by molar-refractivity contribution is -0.139. The first-order valence-electron chi connectivity index (χ1n) is 5.93. The third kappa shape index (κ3) is 2.80. The van der Waals surface area contributed by atoms with Crippen LogP contribution in [0.1, 0.15) is 6.42 Å². The molecule has 1 aliphatic carbocycles. The van der Waals surface area contributed by atoms with Crippen LogP contribution in [-0.4, -0.2) is 31.2 Å². The van der Waals surface area contributed by atoms with Crippen molar-refractivity contribution in [2.45, 2.75) is 6.42 Å². The molecule has 0 radical (unpaired) electrons. The molecule has 1 saturated carbocycles. The molecule has 2 unspecified atom stereocenters. The number of benzene rings is 1. The van der Waals surface area contributed by atoms with E-state index in [9.17, 15) is 9.59 Å². The predicted octanol–water partition coefficient (Wildman–Crippen LogP) is 2.02. The minimum absolute atomic E-state index is 0.347. The van der Waals surface area contributed by atoms with E-state index >= 15 is 0 Å². The third-order valence-corrected chi connectivity index (χ3v) is 3.47. The molecule has 2 N–H and O–H groups in total. The number of carbonyl (C=O) groups is 2. The van der Waals surface area contributed by atoms with E-state index in [1.165, 1.54) is 26.4 Å². The largest absolute Gasteiger partial charge is 0.495 e. The van der Waals surface area contributed by atoms with Crippen LogP contribution in [0.4, 0.5) is 5.69 Å². The second-order valence-corrected chi connectivity index (χ2v) is 4.87. The van der Waals surface area contributed by atoms with Gasteiger partial charge in [-0.1, -0.05) is 11.6 Å². The van der Waals surface area contributed by atoms with Crippen LogP contribution >= 0.6 is 11.6 Å². The first kappa shape index (κ1) is 14.5. The van der Waals surface area contributed by atoms with E-state index < -0.39 is 17.8 Å². The van der Waals surface area contributed by atoms with E-state index in [4.69, 9.17) is 26.2 Å². The van der Waals surface area contributed by atoms with Crippen LogP contribution in [0.2, 0.25) is 5.02 Å². The van der Waals surface area contributed by atoms with Gasteiger partial charge in [0.25, 0.3) is 0 Å². The lowest BCUT2D eigenvalue weighted by Crippen LogP contribution is -2.17. The number of anilines is 1. The van der Waals surface area contributed by atoms with Crippen LogP contribution in [0.15, 0.2) is 12.1 Å². The Morgan fingerprint density at radius 1 is 1.25 bits per heavy atom. The van der Waals surface area contributed by atoms with E-state index in [2.05, 4.69) is 5.32 Å². The van der Waals surface area contributed by atoms with Gasteiger partial charge < -0.3 is 19.9 Å². The number of carboxylic acids is 1. The van der Waals surface area contributed by atoms with E-state index in [1.807, 2.05) is 0 Å². The van der Waals surface area contributed by atoms with Crippen molar-refractivity contribution in [2.24, 2.45) is 11.8 Å². The Hall–Kier alpha value is -1.95. The Morgan fingerprint density at radius 3 is 2.40 bits per heavy atom. The summed E-state index contributed by atoms with van der Waals surface area (Å²) in [4.78, 5) is 22.7. The van der Waals surface area contributed by atoms with E-state index in [0.29, 0.717) is 28.6 Å². The summed E-state index contributed by atoms with van der Waals surface area (Å²) in [7, 11) is 2.91. The maximum absolute atomic E-state index is 11.9. The van der Waals surface area contributed by atoms with Gasteiger partial charge in [-0.3, -0.25) is 9.59 Å². The monoisotopic (exact) mass is 299 g/mol. The molecule has 1 aromatic carbocycles. The molecule has 2 atom stereocenters. The molecule has 108 valence electrons. The highest BCUT2D eigenvalue weighted by Crippen LogP contribution is 2.41. The van der Waals surface area contributed by atoms with Gasteiger partial charge in [-0.2, -0.15) is 0 Å². The summed E-state index contributed by atoms with van der Waals surface area (Å²) in [5.74, 6) is -1.62. The molecule has 0 heterocycles. The molecule has 2 rings (SSSR count). The Labute approximate surface area is 120 Å². The summed E-state index contributed by atoms with van der Waals surface area (Å²) in [5.41, 5.74) is 0.398. The summed E-state index contributed by atoms with van der Waals surface area (Å²) in [6.45, 7) is 0. The number of hydrogen-bond acceptors (Lipinski definition) is 4. The van der Waals surface area contributed by atoms with Gasteiger partial charge in [-0.25, -0.2) is 0 Å². The fourth-order valence-corrected chi connectivity index (χ4v) is 2.17. The lowest BCUT2D eigenvalue weighted by atomic mass is 10.2. The predicted molar refractivity (Wildman–Crippen MR) is 72.4 cm³/mol. The van der Waals surface area contributed by atoms with Crippen molar-refractivity contribution in [3.05, 3.63) is 17.2 Å². The molecule has 0 saturated heterocycles. The van der Waals surface area contributed by atoms with Gasteiger partial charge in [0.05, 0.1) is 36.8 Å². The van der Waals surface area contributed by atoms with Crippen molar-refractivity contribution in [2.75, 3.05) is 19.5 Å². The third-order valence-electron chi connectivity index (χ3n) is 3.18. The average molecular weight is 300 g/mol. The molecule has 0 bridgehead atoms. The molecule has 6 nitrogen and oxygen atoms in total. The second kappa shape index (κ2) is 5.58. The van der Waals surface area contributed by atoms with Crippen molar-refractivity contribution < 1.29 is 24.2 Å². The van der Waals surface area contributed by atoms with Crippen LogP contribution in [0.3, 0.4) is 0 Å². The van der Waals surface area contributed by atoms with Gasteiger partial charge in [-0.15, -0.1) is 0 Å². The Balaban J connectivity index is 2.16. The Kier molecular flexibility index (Phi) is 4.04. The number of methoxy groups -OCH3 is 2. The smallest absolute Gasteiger partial charge is 0.307 e. The second-order valence-electron chi connectivity index (χ2n) is 4.46. The molecule has 0 aromatic heterocycles. The summed E-state index contributed by atoms with van der Waals surface area (Å²) < 4.78 is 10.2. The zero-order valence-corrected chi connectivity index (χ0v) is 11.7. The van der Waals surface area contributed by atoms with Gasteiger partial charge in [0, 0.05) is 12.1 Å². The van der Waals surface area contributed by atoms with Crippen LogP contribution in [0.25, 0.3) is 0 Å². The molecular formula is C13H14ClNO5. The summed E-state index contributed by atoms with van der Waals surface area (Å²) in [6.07, 6.45) is 0.355. The maximum Gasteiger partial charge on any atom is 0.307 e. The van der Waals surface area contributed by atoms with E-state index in [-0.39, 0.29) is 5.91 Å². The van der Waals surface area contributed by atoms with Crippen molar-refractivity contribution >= 4 is 29.2 Å². The molecule has 7 heteroatoms. The van der Waals surface area contributed by atoms with Crippen molar-refractivity contribution in [3.63, 3.8) is 0 Å². The molecule has 1 fully saturated rings. The molecule has 1 aromatic rings. The minimum atomic E-state index is -0.953. The lowest BCUT2D eigenvalue weighted by Gasteiger charge is -2.13. The highest BCUT2D eigenvalue weighted by atomic mass is 35.5. The fourth-order valence-electron chi connectivity index (χ4n) is 1.94. The normalized spacial score (nSPS) is 20.1. The van der Waals surface area contributed by atoms with Crippen LogP contribution in [0, 0.1) is 11.8 Å². The van der Waals surface area contributed by atoms with Crippen molar-refractivity contribution in [1.82, 2.24) is 0 Å².